The lowest BCUT2D eigenvalue weighted by Gasteiger charge is -2.54. The van der Waals surface area contributed by atoms with Crippen LogP contribution in [0.15, 0.2) is 16.8 Å². The van der Waals surface area contributed by atoms with Crippen molar-refractivity contribution in [3.63, 3.8) is 0 Å². The van der Waals surface area contributed by atoms with Crippen LogP contribution in [0.1, 0.15) is 51.9 Å². The molecule has 4 aliphatic carbocycles. The highest BCUT2D eigenvalue weighted by Crippen LogP contribution is 2.61. The van der Waals surface area contributed by atoms with Gasteiger partial charge >= 0.3 is 0 Å². The predicted octanol–water partition coefficient (Wildman–Crippen LogP) is 2.72. The molecule has 0 aromatic heterocycles. The second-order valence-electron chi connectivity index (χ2n) is 8.22. The first kappa shape index (κ1) is 14.7. The number of nitrogens with zero attached hydrogens (tertiary/aromatic N) is 1. The van der Waals surface area contributed by atoms with Crippen molar-refractivity contribution in [3.8, 4) is 0 Å². The van der Waals surface area contributed by atoms with E-state index in [0.29, 0.717) is 29.9 Å². The minimum absolute atomic E-state index is 0.0969. The second kappa shape index (κ2) is 5.07. The average Bonchev–Trinajstić information content (AvgIpc) is 2.82. The van der Waals surface area contributed by atoms with Crippen molar-refractivity contribution >= 4 is 5.71 Å². The van der Waals surface area contributed by atoms with E-state index in [9.17, 15) is 10.2 Å². The third-order valence-electron chi connectivity index (χ3n) is 7.41. The maximum absolute atomic E-state index is 10.6. The lowest BCUT2D eigenvalue weighted by Crippen LogP contribution is -2.50. The fourth-order valence-electron chi connectivity index (χ4n) is 6.31. The van der Waals surface area contributed by atoms with Crippen molar-refractivity contribution in [1.82, 2.24) is 0 Å². The Bertz CT molecular complexity index is 528. The van der Waals surface area contributed by atoms with Gasteiger partial charge in [-0.1, -0.05) is 17.7 Å². The first-order valence-corrected chi connectivity index (χ1v) is 8.82. The Morgan fingerprint density at radius 1 is 1.14 bits per heavy atom. The van der Waals surface area contributed by atoms with Crippen LogP contribution in [0.25, 0.3) is 0 Å². The van der Waals surface area contributed by atoms with Gasteiger partial charge in [-0.15, -0.1) is 0 Å². The first-order chi connectivity index (χ1) is 10.5. The summed E-state index contributed by atoms with van der Waals surface area (Å²) in [7, 11) is 0. The molecule has 0 saturated heterocycles. The summed E-state index contributed by atoms with van der Waals surface area (Å²) in [4.78, 5) is 0. The molecule has 3 fully saturated rings. The molecule has 0 aromatic carbocycles. The minimum atomic E-state index is -0.408. The Hall–Kier alpha value is -0.870. The van der Waals surface area contributed by atoms with Crippen LogP contribution in [0, 0.1) is 29.1 Å². The van der Waals surface area contributed by atoms with Crippen LogP contribution in [0.4, 0.5) is 0 Å². The molecular formula is C18H27NO3. The van der Waals surface area contributed by atoms with E-state index in [2.05, 4.69) is 12.1 Å². The predicted molar refractivity (Wildman–Crippen MR) is 83.7 cm³/mol. The Labute approximate surface area is 131 Å². The van der Waals surface area contributed by atoms with E-state index in [4.69, 9.17) is 5.21 Å². The number of allylic oxidation sites excluding steroid dienone is 1. The van der Waals surface area contributed by atoms with Crippen molar-refractivity contribution in [2.75, 3.05) is 0 Å². The molecule has 122 valence electrons. The lowest BCUT2D eigenvalue weighted by atomic mass is 9.52. The van der Waals surface area contributed by atoms with Gasteiger partial charge in [-0.3, -0.25) is 0 Å². The molecular weight excluding hydrogens is 278 g/mol. The molecule has 7 atom stereocenters. The summed E-state index contributed by atoms with van der Waals surface area (Å²) in [6, 6.07) is 0. The van der Waals surface area contributed by atoms with E-state index < -0.39 is 6.10 Å². The van der Waals surface area contributed by atoms with Crippen LogP contribution >= 0.6 is 0 Å². The highest BCUT2D eigenvalue weighted by molar-refractivity contribution is 5.96. The van der Waals surface area contributed by atoms with Crippen molar-refractivity contribution in [3.05, 3.63) is 11.6 Å². The van der Waals surface area contributed by atoms with Gasteiger partial charge in [-0.2, -0.15) is 0 Å². The van der Waals surface area contributed by atoms with Crippen LogP contribution < -0.4 is 0 Å². The Balaban J connectivity index is 1.65. The zero-order valence-corrected chi connectivity index (χ0v) is 13.3. The average molecular weight is 305 g/mol. The number of fused-ring (bicyclic) bond motifs is 5. The maximum atomic E-state index is 10.6. The minimum Gasteiger partial charge on any atom is -0.411 e. The van der Waals surface area contributed by atoms with E-state index in [-0.39, 0.29) is 17.4 Å². The smallest absolute Gasteiger partial charge is 0.0821 e. The first-order valence-electron chi connectivity index (χ1n) is 8.82. The number of hydrogen-bond donors (Lipinski definition) is 3. The number of rotatable bonds is 0. The summed E-state index contributed by atoms with van der Waals surface area (Å²) in [6.07, 6.45) is 8.39. The number of aliphatic hydroxyl groups excluding tert-OH is 2. The van der Waals surface area contributed by atoms with Gasteiger partial charge in [0.05, 0.1) is 17.9 Å². The summed E-state index contributed by atoms with van der Waals surface area (Å²) in [5.74, 6) is 2.04. The summed E-state index contributed by atoms with van der Waals surface area (Å²) in [5.41, 5.74) is 2.00. The standard InChI is InChI=1S/C18H27NO3/c1-18-7-6-13-12(14(18)4-5-16(18)21)3-2-10-8-11(19-22)9-15(20)17(10)13/h8,12-17,20-22H,2-7,9H2,1H3/b19-11+/t12-,13+,14+,15-,16+,17+,18+/m1/s1. The topological polar surface area (TPSA) is 73.1 Å². The van der Waals surface area contributed by atoms with E-state index in [1.807, 2.05) is 6.08 Å². The Morgan fingerprint density at radius 2 is 1.95 bits per heavy atom. The summed E-state index contributed by atoms with van der Waals surface area (Å²) < 4.78 is 0. The van der Waals surface area contributed by atoms with E-state index in [0.717, 1.165) is 38.5 Å². The fraction of sp³-hybridized carbons (Fsp3) is 0.833. The lowest BCUT2D eigenvalue weighted by molar-refractivity contribution is -0.0686. The third kappa shape index (κ3) is 1.93. The summed E-state index contributed by atoms with van der Waals surface area (Å²) in [5, 5.41) is 33.4. The van der Waals surface area contributed by atoms with Gasteiger partial charge in [-0.05, 0) is 67.8 Å². The molecule has 0 heterocycles. The summed E-state index contributed by atoms with van der Waals surface area (Å²) >= 11 is 0. The van der Waals surface area contributed by atoms with Crippen molar-refractivity contribution in [2.24, 2.45) is 34.2 Å². The van der Waals surface area contributed by atoms with Crippen molar-refractivity contribution in [2.45, 2.75) is 64.1 Å². The van der Waals surface area contributed by atoms with Crippen LogP contribution in [-0.4, -0.2) is 33.3 Å². The number of oxime groups is 1. The molecule has 0 amide bonds. The highest BCUT2D eigenvalue weighted by atomic mass is 16.4. The number of aliphatic hydroxyl groups is 2. The van der Waals surface area contributed by atoms with Crippen molar-refractivity contribution < 1.29 is 15.4 Å². The SMILES string of the molecule is C[C@]12CC[C@H]3[C@@H](CCC4=C/C(=N\O)C[C@@H](O)[C@@H]43)[C@@H]1CC[C@@H]2O. The quantitative estimate of drug-likeness (QED) is 0.476. The molecule has 0 radical (unpaired) electrons. The van der Waals surface area contributed by atoms with Crippen LogP contribution in [-0.2, 0) is 0 Å². The molecule has 3 saturated carbocycles. The molecule has 4 aliphatic rings. The normalized spacial score (nSPS) is 52.7. The van der Waals surface area contributed by atoms with Gasteiger partial charge in [0.25, 0.3) is 0 Å². The molecule has 0 aliphatic heterocycles. The van der Waals surface area contributed by atoms with E-state index >= 15 is 0 Å². The van der Waals surface area contributed by atoms with Crippen LogP contribution in [0.5, 0.6) is 0 Å². The molecule has 4 rings (SSSR count). The zero-order valence-electron chi connectivity index (χ0n) is 13.3. The molecule has 22 heavy (non-hydrogen) atoms. The fourth-order valence-corrected chi connectivity index (χ4v) is 6.31. The van der Waals surface area contributed by atoms with Gasteiger partial charge in [0.1, 0.15) is 0 Å². The van der Waals surface area contributed by atoms with Crippen LogP contribution in [0.2, 0.25) is 0 Å². The van der Waals surface area contributed by atoms with Gasteiger partial charge in [0.2, 0.25) is 0 Å². The molecule has 4 nitrogen and oxygen atoms in total. The van der Waals surface area contributed by atoms with Crippen molar-refractivity contribution in [1.29, 1.82) is 0 Å². The second-order valence-corrected chi connectivity index (χ2v) is 8.22. The maximum Gasteiger partial charge on any atom is 0.0821 e. The molecule has 0 unspecified atom stereocenters. The summed E-state index contributed by atoms with van der Waals surface area (Å²) in [6.45, 7) is 2.28. The monoisotopic (exact) mass is 305 g/mol. The number of hydrogen-bond acceptors (Lipinski definition) is 4. The largest absolute Gasteiger partial charge is 0.411 e. The van der Waals surface area contributed by atoms with Gasteiger partial charge in [0, 0.05) is 12.3 Å². The molecule has 3 N–H and O–H groups in total. The van der Waals surface area contributed by atoms with Crippen LogP contribution in [0.3, 0.4) is 0 Å². The van der Waals surface area contributed by atoms with Gasteiger partial charge < -0.3 is 15.4 Å². The molecule has 0 bridgehead atoms. The van der Waals surface area contributed by atoms with E-state index in [1.165, 1.54) is 5.57 Å². The van der Waals surface area contributed by atoms with Gasteiger partial charge in [-0.25, -0.2) is 0 Å². The molecule has 0 spiro atoms. The third-order valence-corrected chi connectivity index (χ3v) is 7.41. The zero-order chi connectivity index (χ0) is 15.5. The molecule has 0 aromatic rings. The van der Waals surface area contributed by atoms with Gasteiger partial charge in [0.15, 0.2) is 0 Å². The Kier molecular flexibility index (Phi) is 3.39. The highest BCUT2D eigenvalue weighted by Gasteiger charge is 2.56. The Morgan fingerprint density at radius 3 is 2.73 bits per heavy atom. The molecule has 4 heteroatoms. The van der Waals surface area contributed by atoms with E-state index in [1.54, 1.807) is 0 Å².